The van der Waals surface area contributed by atoms with Crippen LogP contribution in [-0.2, 0) is 14.8 Å². The Morgan fingerprint density at radius 2 is 1.75 bits per heavy atom. The zero-order valence-electron chi connectivity index (χ0n) is 21.0. The lowest BCUT2D eigenvalue weighted by Gasteiger charge is -2.24. The van der Waals surface area contributed by atoms with Crippen molar-refractivity contribution in [1.29, 1.82) is 0 Å². The van der Waals surface area contributed by atoms with Crippen molar-refractivity contribution in [3.8, 4) is 16.9 Å². The number of halogens is 4. The van der Waals surface area contributed by atoms with Gasteiger partial charge >= 0.3 is 0 Å². The molecule has 2 aromatic heterocycles. The Morgan fingerprint density at radius 1 is 1.02 bits per heavy atom. The molecule has 0 bridgehead atoms. The Balaban J connectivity index is 1.74. The molecule has 0 unspecified atom stereocenters. The average Bonchev–Trinajstić information content (AvgIpc) is 2.94. The fourth-order valence-corrected chi connectivity index (χ4v) is 4.62. The predicted molar refractivity (Wildman–Crippen MR) is 138 cm³/mol. The average molecular weight is 576 g/mol. The monoisotopic (exact) mass is 575 g/mol. The number of nitrogens with one attached hydrogen (secondary N) is 1. The van der Waals surface area contributed by atoms with Crippen molar-refractivity contribution in [3.63, 3.8) is 0 Å². The van der Waals surface area contributed by atoms with Gasteiger partial charge < -0.3 is 4.74 Å². The second kappa shape index (κ2) is 11.7. The minimum absolute atomic E-state index is 0.0255. The Kier molecular flexibility index (Phi) is 8.28. The van der Waals surface area contributed by atoms with Crippen molar-refractivity contribution in [2.75, 3.05) is 16.7 Å². The maximum Gasteiger partial charge on any atom is 0.266 e. The number of hydrogen-bond acceptors (Lipinski definition) is 7. The molecule has 1 N–H and O–H groups in total. The van der Waals surface area contributed by atoms with Gasteiger partial charge in [-0.05, 0) is 42.0 Å². The number of amides is 1. The van der Waals surface area contributed by atoms with Crippen LogP contribution in [0, 0.1) is 11.6 Å². The molecule has 0 saturated carbocycles. The summed E-state index contributed by atoms with van der Waals surface area (Å²) in [5.41, 5.74) is -1.17. The third-order valence-electron chi connectivity index (χ3n) is 5.65. The summed E-state index contributed by atoms with van der Waals surface area (Å²) in [6.07, 6.45) is 0.544. The number of aromatic nitrogens is 3. The largest absolute Gasteiger partial charge is 0.495 e. The van der Waals surface area contributed by atoms with Gasteiger partial charge in [-0.3, -0.25) is 9.69 Å². The number of pyridine rings is 1. The molecule has 14 heteroatoms. The molecule has 0 aliphatic rings. The molecule has 0 spiro atoms. The van der Waals surface area contributed by atoms with Gasteiger partial charge in [0.25, 0.3) is 16.4 Å². The highest BCUT2D eigenvalue weighted by Crippen LogP contribution is 2.40. The first kappa shape index (κ1) is 28.4. The minimum atomic E-state index is -4.12. The smallest absolute Gasteiger partial charge is 0.266 e. The number of sulfonamides is 1. The lowest BCUT2D eigenvalue weighted by Crippen LogP contribution is -2.26. The molecule has 40 heavy (non-hydrogen) atoms. The van der Waals surface area contributed by atoms with E-state index in [9.17, 15) is 26.4 Å². The highest BCUT2D eigenvalue weighted by atomic mass is 32.2. The molecule has 0 radical (unpaired) electrons. The summed E-state index contributed by atoms with van der Waals surface area (Å²) in [6, 6.07) is 8.86. The fraction of sp³-hybridized carbons (Fsp3) is 0.154. The van der Waals surface area contributed by atoms with Crippen LogP contribution in [0.3, 0.4) is 0 Å². The molecule has 0 aliphatic heterocycles. The van der Waals surface area contributed by atoms with E-state index in [4.69, 9.17) is 4.74 Å². The quantitative estimate of drug-likeness (QED) is 0.257. The van der Waals surface area contributed by atoms with Gasteiger partial charge in [0, 0.05) is 36.6 Å². The Hall–Kier alpha value is -4.59. The van der Waals surface area contributed by atoms with Gasteiger partial charge in [-0.2, -0.15) is 0 Å². The van der Waals surface area contributed by atoms with Crippen LogP contribution in [0.4, 0.5) is 35.0 Å². The van der Waals surface area contributed by atoms with Crippen LogP contribution in [0.15, 0.2) is 72.0 Å². The van der Waals surface area contributed by atoms with E-state index in [1.807, 2.05) is 0 Å². The van der Waals surface area contributed by atoms with Crippen molar-refractivity contribution in [3.05, 3.63) is 84.3 Å². The van der Waals surface area contributed by atoms with Crippen LogP contribution in [0.2, 0.25) is 0 Å². The van der Waals surface area contributed by atoms with Gasteiger partial charge in [0.1, 0.15) is 28.1 Å². The van der Waals surface area contributed by atoms with E-state index in [2.05, 4.69) is 19.7 Å². The van der Waals surface area contributed by atoms with E-state index in [1.165, 1.54) is 43.8 Å². The second-order valence-electron chi connectivity index (χ2n) is 8.15. The third kappa shape index (κ3) is 5.86. The first-order valence-corrected chi connectivity index (χ1v) is 13.1. The van der Waals surface area contributed by atoms with Gasteiger partial charge in [0.05, 0.1) is 18.4 Å². The van der Waals surface area contributed by atoms with E-state index in [-0.39, 0.29) is 45.6 Å². The molecule has 0 saturated heterocycles. The van der Waals surface area contributed by atoms with Crippen LogP contribution in [0.5, 0.6) is 5.75 Å². The summed E-state index contributed by atoms with van der Waals surface area (Å²) in [5.74, 6) is -2.81. The molecule has 0 fully saturated rings. The number of benzene rings is 2. The van der Waals surface area contributed by atoms with Crippen LogP contribution >= 0.6 is 0 Å². The lowest BCUT2D eigenvalue weighted by atomic mass is 10.0. The summed E-state index contributed by atoms with van der Waals surface area (Å²) in [7, 11) is -2.87. The molecule has 9 nitrogen and oxygen atoms in total. The number of ether oxygens (including phenoxy) is 1. The third-order valence-corrected chi connectivity index (χ3v) is 6.97. The van der Waals surface area contributed by atoms with Crippen LogP contribution in [-0.4, -0.2) is 36.4 Å². The van der Waals surface area contributed by atoms with Crippen LogP contribution < -0.4 is 14.4 Å². The van der Waals surface area contributed by atoms with Gasteiger partial charge in [0.2, 0.25) is 11.9 Å². The molecule has 0 aliphatic carbocycles. The van der Waals surface area contributed by atoms with E-state index >= 15 is 4.39 Å². The van der Waals surface area contributed by atoms with E-state index in [0.29, 0.717) is 0 Å². The topological polar surface area (TPSA) is 114 Å². The van der Waals surface area contributed by atoms with Gasteiger partial charge in [-0.15, -0.1) is 0 Å². The number of carbonyl (C=O) groups is 1. The molecule has 0 atom stereocenters. The maximum absolute atomic E-state index is 15.4. The van der Waals surface area contributed by atoms with Crippen molar-refractivity contribution < 1.29 is 35.5 Å². The molecule has 4 aromatic rings. The number of rotatable bonds is 9. The molecular formula is C26H21F4N5O4S. The second-order valence-corrected chi connectivity index (χ2v) is 9.84. The first-order valence-electron chi connectivity index (χ1n) is 11.6. The predicted octanol–water partition coefficient (Wildman–Crippen LogP) is 5.64. The lowest BCUT2D eigenvalue weighted by molar-refractivity contribution is -0.117. The summed E-state index contributed by atoms with van der Waals surface area (Å²) < 4.78 is 88.5. The maximum atomic E-state index is 15.4. The summed E-state index contributed by atoms with van der Waals surface area (Å²) in [4.78, 5) is 25.4. The molecule has 4 rings (SSSR count). The standard InChI is InChI=1S/C26H21F4N5O4S/c1-3-24(36)35(23-8-6-16(14-33-23)40(37,38)34-26-31-9-4-10-32-26)21-13-20(28)17(12-22(21)39-2)15-5-7-19(27)18(11-15)25(29)30/h4-14,25H,3H2,1-2H3,(H,31,32,34). The minimum Gasteiger partial charge on any atom is -0.495 e. The zero-order chi connectivity index (χ0) is 29.0. The van der Waals surface area contributed by atoms with Gasteiger partial charge in [-0.1, -0.05) is 13.0 Å². The van der Waals surface area contributed by atoms with Crippen molar-refractivity contribution in [2.24, 2.45) is 0 Å². The molecule has 208 valence electrons. The summed E-state index contributed by atoms with van der Waals surface area (Å²) >= 11 is 0. The van der Waals surface area contributed by atoms with E-state index < -0.39 is 39.6 Å². The zero-order valence-corrected chi connectivity index (χ0v) is 21.8. The van der Waals surface area contributed by atoms with Gasteiger partial charge in [0.15, 0.2) is 0 Å². The summed E-state index contributed by atoms with van der Waals surface area (Å²) in [5, 5.41) is 0. The Morgan fingerprint density at radius 3 is 2.35 bits per heavy atom. The fourth-order valence-electron chi connectivity index (χ4n) is 3.72. The number of alkyl halides is 2. The molecule has 1 amide bonds. The highest BCUT2D eigenvalue weighted by molar-refractivity contribution is 7.92. The van der Waals surface area contributed by atoms with E-state index in [0.717, 1.165) is 35.4 Å². The number of nitrogens with zero attached hydrogens (tertiary/aromatic N) is 4. The van der Waals surface area contributed by atoms with Gasteiger partial charge in [-0.25, -0.2) is 45.7 Å². The molecule has 2 aromatic carbocycles. The van der Waals surface area contributed by atoms with Crippen LogP contribution in [0.25, 0.3) is 11.1 Å². The van der Waals surface area contributed by atoms with Crippen molar-refractivity contribution in [2.45, 2.75) is 24.7 Å². The number of hydrogen-bond donors (Lipinski definition) is 1. The van der Waals surface area contributed by atoms with E-state index in [1.54, 1.807) is 6.92 Å². The number of anilines is 3. The Labute approximate surface area is 226 Å². The highest BCUT2D eigenvalue weighted by Gasteiger charge is 2.26. The Bertz CT molecular complexity index is 1640. The summed E-state index contributed by atoms with van der Waals surface area (Å²) in [6.45, 7) is 1.56. The van der Waals surface area contributed by atoms with Crippen LogP contribution in [0.1, 0.15) is 25.3 Å². The number of methoxy groups -OCH3 is 1. The molecular weight excluding hydrogens is 554 g/mol. The van der Waals surface area contributed by atoms with Crippen molar-refractivity contribution >= 4 is 33.4 Å². The molecule has 2 heterocycles. The number of carbonyl (C=O) groups excluding carboxylic acids is 1. The van der Waals surface area contributed by atoms with Crippen molar-refractivity contribution in [1.82, 2.24) is 15.0 Å². The normalized spacial score (nSPS) is 11.4. The SMILES string of the molecule is CCC(=O)N(c1ccc(S(=O)(=O)Nc2ncccn2)cn1)c1cc(F)c(-c2ccc(F)c(C(F)F)c2)cc1OC. The first-order chi connectivity index (χ1) is 19.1.